The minimum Gasteiger partial charge on any atom is -0.444 e. The standard InChI is InChI=1S/C19H37NO6SSi/c1-18(2,3)25-17(21)20-13-12-16(26-28(8,9)19(4,5)6)15(20)11-10-14-24-27(7,22)23/h10-11,15-16H,12-14H2,1-9H3/b11-10+/t15-,16+/m1/s1. The quantitative estimate of drug-likeness (QED) is 0.357. The summed E-state index contributed by atoms with van der Waals surface area (Å²) in [6, 6.07) is -0.327. The first kappa shape index (κ1) is 25.1. The van der Waals surface area contributed by atoms with Gasteiger partial charge in [-0.2, -0.15) is 8.42 Å². The lowest BCUT2D eigenvalue weighted by molar-refractivity contribution is 0.0212. The Morgan fingerprint density at radius 1 is 1.18 bits per heavy atom. The molecule has 7 nitrogen and oxygen atoms in total. The van der Waals surface area contributed by atoms with Crippen LogP contribution in [-0.4, -0.2) is 64.9 Å². The Hall–Kier alpha value is -0.903. The third kappa shape index (κ3) is 7.85. The number of hydrogen-bond donors (Lipinski definition) is 0. The molecule has 1 heterocycles. The highest BCUT2D eigenvalue weighted by atomic mass is 32.2. The van der Waals surface area contributed by atoms with Gasteiger partial charge in [-0.25, -0.2) is 4.79 Å². The van der Waals surface area contributed by atoms with Crippen LogP contribution in [0.2, 0.25) is 18.1 Å². The zero-order valence-corrected chi connectivity index (χ0v) is 20.6. The first-order valence-corrected chi connectivity index (χ1v) is 14.3. The lowest BCUT2D eigenvalue weighted by Crippen LogP contribution is -2.48. The second-order valence-corrected chi connectivity index (χ2v) is 16.2. The van der Waals surface area contributed by atoms with Crippen molar-refractivity contribution in [1.29, 1.82) is 0 Å². The molecule has 0 saturated carbocycles. The van der Waals surface area contributed by atoms with Crippen molar-refractivity contribution in [2.75, 3.05) is 19.4 Å². The summed E-state index contributed by atoms with van der Waals surface area (Å²) in [6.45, 7) is 16.8. The summed E-state index contributed by atoms with van der Waals surface area (Å²) in [5.74, 6) is 0. The SMILES string of the molecule is CC(C)(C)OC(=O)N1CC[C@H](O[Si](C)(C)C(C)(C)C)[C@H]1/C=C/COS(C)(=O)=O. The van der Waals surface area contributed by atoms with E-state index in [9.17, 15) is 13.2 Å². The molecule has 0 aromatic carbocycles. The summed E-state index contributed by atoms with van der Waals surface area (Å²) < 4.78 is 39.2. The minimum atomic E-state index is -3.52. The molecule has 0 aromatic heterocycles. The van der Waals surface area contributed by atoms with Crippen LogP contribution in [0.1, 0.15) is 48.0 Å². The van der Waals surface area contributed by atoms with Gasteiger partial charge in [-0.1, -0.05) is 32.9 Å². The highest BCUT2D eigenvalue weighted by Crippen LogP contribution is 2.39. The van der Waals surface area contributed by atoms with Crippen molar-refractivity contribution in [2.45, 2.75) is 83.8 Å². The summed E-state index contributed by atoms with van der Waals surface area (Å²) in [5, 5.41) is 0.0417. The maximum absolute atomic E-state index is 12.7. The van der Waals surface area contributed by atoms with Gasteiger partial charge in [0.2, 0.25) is 0 Å². The Morgan fingerprint density at radius 3 is 2.21 bits per heavy atom. The zero-order chi connectivity index (χ0) is 22.0. The molecule has 28 heavy (non-hydrogen) atoms. The third-order valence-corrected chi connectivity index (χ3v) is 10.1. The molecular formula is C19H37NO6SSi. The van der Waals surface area contributed by atoms with Crippen LogP contribution < -0.4 is 0 Å². The van der Waals surface area contributed by atoms with Crippen molar-refractivity contribution in [3.05, 3.63) is 12.2 Å². The van der Waals surface area contributed by atoms with Crippen LogP contribution in [0.5, 0.6) is 0 Å². The van der Waals surface area contributed by atoms with Crippen LogP contribution >= 0.6 is 0 Å². The monoisotopic (exact) mass is 435 g/mol. The molecule has 0 radical (unpaired) electrons. The van der Waals surface area contributed by atoms with Crippen LogP contribution in [0.3, 0.4) is 0 Å². The summed E-state index contributed by atoms with van der Waals surface area (Å²) in [4.78, 5) is 14.3. The molecular weight excluding hydrogens is 398 g/mol. The molecule has 9 heteroatoms. The number of carbonyl (C=O) groups excluding carboxylic acids is 1. The predicted octanol–water partition coefficient (Wildman–Crippen LogP) is 3.92. The molecule has 164 valence electrons. The third-order valence-electron chi connectivity index (χ3n) is 4.99. The molecule has 2 atom stereocenters. The summed E-state index contributed by atoms with van der Waals surface area (Å²) >= 11 is 0. The molecule has 0 unspecified atom stereocenters. The van der Waals surface area contributed by atoms with E-state index in [4.69, 9.17) is 13.3 Å². The highest BCUT2D eigenvalue weighted by Gasteiger charge is 2.45. The van der Waals surface area contributed by atoms with Crippen LogP contribution in [0.4, 0.5) is 4.79 Å². The van der Waals surface area contributed by atoms with Gasteiger partial charge in [0.25, 0.3) is 10.1 Å². The van der Waals surface area contributed by atoms with Crippen molar-refractivity contribution < 1.29 is 26.6 Å². The average Bonchev–Trinajstić information content (AvgIpc) is 2.81. The molecule has 0 spiro atoms. The normalized spacial score (nSPS) is 22.1. The first-order valence-electron chi connectivity index (χ1n) is 9.61. The highest BCUT2D eigenvalue weighted by molar-refractivity contribution is 7.85. The lowest BCUT2D eigenvalue weighted by Gasteiger charge is -2.40. The number of rotatable bonds is 6. The Balaban J connectivity index is 3.01. The number of likely N-dealkylation sites (tertiary alicyclic amines) is 1. The lowest BCUT2D eigenvalue weighted by atomic mass is 10.1. The van der Waals surface area contributed by atoms with E-state index < -0.39 is 30.1 Å². The summed E-state index contributed by atoms with van der Waals surface area (Å²) in [7, 11) is -5.56. The van der Waals surface area contributed by atoms with Crippen molar-refractivity contribution in [3.63, 3.8) is 0 Å². The molecule has 1 fully saturated rings. The van der Waals surface area contributed by atoms with E-state index in [0.29, 0.717) is 13.0 Å². The predicted molar refractivity (Wildman–Crippen MR) is 113 cm³/mol. The molecule has 1 saturated heterocycles. The molecule has 0 N–H and O–H groups in total. The Kier molecular flexibility index (Phi) is 7.94. The number of amides is 1. The van der Waals surface area contributed by atoms with Crippen molar-refractivity contribution >= 4 is 24.5 Å². The fourth-order valence-electron chi connectivity index (χ4n) is 2.59. The number of hydrogen-bond acceptors (Lipinski definition) is 6. The van der Waals surface area contributed by atoms with E-state index in [-0.39, 0.29) is 23.8 Å². The van der Waals surface area contributed by atoms with Gasteiger partial charge in [-0.05, 0) is 45.3 Å². The van der Waals surface area contributed by atoms with Crippen LogP contribution in [0.15, 0.2) is 12.2 Å². The van der Waals surface area contributed by atoms with Gasteiger partial charge >= 0.3 is 6.09 Å². The van der Waals surface area contributed by atoms with Gasteiger partial charge in [-0.15, -0.1) is 0 Å². The second kappa shape index (κ2) is 8.85. The number of nitrogens with zero attached hydrogens (tertiary/aromatic N) is 1. The van der Waals surface area contributed by atoms with Crippen LogP contribution in [0.25, 0.3) is 0 Å². The number of ether oxygens (including phenoxy) is 1. The Labute approximate surface area is 171 Å². The average molecular weight is 436 g/mol. The fourth-order valence-corrected chi connectivity index (χ4v) is 4.28. The van der Waals surface area contributed by atoms with Crippen LogP contribution in [0, 0.1) is 0 Å². The van der Waals surface area contributed by atoms with Gasteiger partial charge in [0.15, 0.2) is 8.32 Å². The molecule has 0 bridgehead atoms. The van der Waals surface area contributed by atoms with Crippen molar-refractivity contribution in [1.82, 2.24) is 4.90 Å². The van der Waals surface area contributed by atoms with E-state index in [2.05, 4.69) is 33.9 Å². The van der Waals surface area contributed by atoms with Gasteiger partial charge < -0.3 is 9.16 Å². The van der Waals surface area contributed by atoms with Gasteiger partial charge in [0, 0.05) is 6.54 Å². The molecule has 1 rings (SSSR count). The zero-order valence-electron chi connectivity index (χ0n) is 18.7. The van der Waals surface area contributed by atoms with E-state index in [0.717, 1.165) is 6.26 Å². The minimum absolute atomic E-state index is 0.0417. The van der Waals surface area contributed by atoms with Gasteiger partial charge in [0.05, 0.1) is 25.0 Å². The largest absolute Gasteiger partial charge is 0.444 e. The molecule has 1 amide bonds. The smallest absolute Gasteiger partial charge is 0.410 e. The maximum Gasteiger partial charge on any atom is 0.410 e. The van der Waals surface area contributed by atoms with Gasteiger partial charge in [-0.3, -0.25) is 9.08 Å². The van der Waals surface area contributed by atoms with Gasteiger partial charge in [0.1, 0.15) is 5.60 Å². The molecule has 1 aliphatic rings. The van der Waals surface area contributed by atoms with E-state index in [1.165, 1.54) is 0 Å². The molecule has 0 aromatic rings. The topological polar surface area (TPSA) is 82.1 Å². The molecule has 1 aliphatic heterocycles. The molecule has 0 aliphatic carbocycles. The Bertz CT molecular complexity index is 676. The van der Waals surface area contributed by atoms with E-state index >= 15 is 0 Å². The van der Waals surface area contributed by atoms with Crippen molar-refractivity contribution in [2.24, 2.45) is 0 Å². The fraction of sp³-hybridized carbons (Fsp3) is 0.842. The van der Waals surface area contributed by atoms with E-state index in [1.807, 2.05) is 20.8 Å². The number of carbonyl (C=O) groups is 1. The Morgan fingerprint density at radius 2 is 1.75 bits per heavy atom. The summed E-state index contributed by atoms with van der Waals surface area (Å²) in [6.07, 6.45) is 4.56. The van der Waals surface area contributed by atoms with E-state index in [1.54, 1.807) is 17.1 Å². The second-order valence-electron chi connectivity index (χ2n) is 9.79. The van der Waals surface area contributed by atoms with Crippen LogP contribution in [-0.2, 0) is 23.5 Å². The maximum atomic E-state index is 12.7. The van der Waals surface area contributed by atoms with Crippen molar-refractivity contribution in [3.8, 4) is 0 Å². The summed E-state index contributed by atoms with van der Waals surface area (Å²) in [5.41, 5.74) is -0.594. The first-order chi connectivity index (χ1) is 12.4.